The van der Waals surface area contributed by atoms with Gasteiger partial charge in [-0.1, -0.05) is 22.9 Å². The average molecular weight is 275 g/mol. The maximum atomic E-state index is 5.26. The van der Waals surface area contributed by atoms with Gasteiger partial charge >= 0.3 is 0 Å². The summed E-state index contributed by atoms with van der Waals surface area (Å²) in [5.41, 5.74) is 2.36. The lowest BCUT2D eigenvalue weighted by Gasteiger charge is -2.04. The van der Waals surface area contributed by atoms with E-state index in [4.69, 9.17) is 9.26 Å². The van der Waals surface area contributed by atoms with Crippen molar-refractivity contribution in [3.63, 3.8) is 0 Å². The third kappa shape index (κ3) is 4.66. The van der Waals surface area contributed by atoms with E-state index in [1.807, 2.05) is 6.92 Å². The van der Waals surface area contributed by atoms with Gasteiger partial charge in [0.2, 0.25) is 5.89 Å². The standard InChI is InChI=1S/C15H21N3O2/c1-3-19-11-9-14-17-15(20-18-14)8-10-16-13-6-4-12(2)5-7-13/h4-7,16H,3,8-11H2,1-2H3. The Labute approximate surface area is 119 Å². The van der Waals surface area contributed by atoms with Crippen LogP contribution in [0, 0.1) is 6.92 Å². The van der Waals surface area contributed by atoms with Crippen LogP contribution in [0.3, 0.4) is 0 Å². The first-order valence-electron chi connectivity index (χ1n) is 6.97. The van der Waals surface area contributed by atoms with Crippen molar-refractivity contribution < 1.29 is 9.26 Å². The fraction of sp³-hybridized carbons (Fsp3) is 0.467. The molecule has 0 amide bonds. The molecule has 0 spiro atoms. The first kappa shape index (κ1) is 14.5. The van der Waals surface area contributed by atoms with Crippen LogP contribution in [0.2, 0.25) is 0 Å². The fourth-order valence-electron chi connectivity index (χ4n) is 1.79. The molecular formula is C15H21N3O2. The minimum atomic E-state index is 0.636. The minimum Gasteiger partial charge on any atom is -0.385 e. The summed E-state index contributed by atoms with van der Waals surface area (Å²) >= 11 is 0. The van der Waals surface area contributed by atoms with Crippen molar-refractivity contribution in [1.82, 2.24) is 10.1 Å². The monoisotopic (exact) mass is 275 g/mol. The zero-order valence-electron chi connectivity index (χ0n) is 12.1. The van der Waals surface area contributed by atoms with E-state index >= 15 is 0 Å². The summed E-state index contributed by atoms with van der Waals surface area (Å²) in [5.74, 6) is 1.37. The molecule has 1 aromatic carbocycles. The molecule has 5 nitrogen and oxygen atoms in total. The Morgan fingerprint density at radius 2 is 2.00 bits per heavy atom. The summed E-state index contributed by atoms with van der Waals surface area (Å²) in [5, 5.41) is 7.26. The minimum absolute atomic E-state index is 0.636. The lowest BCUT2D eigenvalue weighted by molar-refractivity contribution is 0.149. The average Bonchev–Trinajstić information content (AvgIpc) is 2.89. The quantitative estimate of drug-likeness (QED) is 0.750. The maximum Gasteiger partial charge on any atom is 0.228 e. The first-order valence-corrected chi connectivity index (χ1v) is 6.97. The van der Waals surface area contributed by atoms with Crippen molar-refractivity contribution >= 4 is 5.69 Å². The number of aromatic nitrogens is 2. The molecule has 1 heterocycles. The molecule has 0 bridgehead atoms. The molecule has 0 unspecified atom stereocenters. The van der Waals surface area contributed by atoms with Gasteiger partial charge in [0, 0.05) is 31.7 Å². The molecule has 0 radical (unpaired) electrons. The molecule has 1 N–H and O–H groups in total. The Kier molecular flexibility index (Phi) is 5.55. The number of hydrogen-bond acceptors (Lipinski definition) is 5. The highest BCUT2D eigenvalue weighted by Gasteiger charge is 2.05. The molecule has 2 rings (SSSR count). The Hall–Kier alpha value is -1.88. The summed E-state index contributed by atoms with van der Waals surface area (Å²) in [7, 11) is 0. The summed E-state index contributed by atoms with van der Waals surface area (Å²) in [6.45, 7) is 6.17. The topological polar surface area (TPSA) is 60.2 Å². The zero-order chi connectivity index (χ0) is 14.2. The Morgan fingerprint density at radius 1 is 1.20 bits per heavy atom. The number of nitrogens with one attached hydrogen (secondary N) is 1. The number of anilines is 1. The fourth-order valence-corrected chi connectivity index (χ4v) is 1.79. The molecular weight excluding hydrogens is 254 g/mol. The van der Waals surface area contributed by atoms with E-state index in [0.717, 1.165) is 18.7 Å². The van der Waals surface area contributed by atoms with Gasteiger partial charge in [-0.25, -0.2) is 0 Å². The number of nitrogens with zero attached hydrogens (tertiary/aromatic N) is 2. The molecule has 20 heavy (non-hydrogen) atoms. The van der Waals surface area contributed by atoms with Crippen LogP contribution in [0.5, 0.6) is 0 Å². The van der Waals surface area contributed by atoms with Crippen molar-refractivity contribution in [1.29, 1.82) is 0 Å². The molecule has 0 saturated heterocycles. The normalized spacial score (nSPS) is 10.7. The van der Waals surface area contributed by atoms with Crippen molar-refractivity contribution in [2.45, 2.75) is 26.7 Å². The molecule has 0 atom stereocenters. The van der Waals surface area contributed by atoms with E-state index in [9.17, 15) is 0 Å². The number of hydrogen-bond donors (Lipinski definition) is 1. The van der Waals surface area contributed by atoms with Crippen molar-refractivity contribution in [2.24, 2.45) is 0 Å². The van der Waals surface area contributed by atoms with Gasteiger partial charge in [-0.3, -0.25) is 0 Å². The van der Waals surface area contributed by atoms with Gasteiger partial charge in [0.05, 0.1) is 6.61 Å². The second-order valence-corrected chi connectivity index (χ2v) is 4.59. The van der Waals surface area contributed by atoms with Crippen LogP contribution in [0.4, 0.5) is 5.69 Å². The smallest absolute Gasteiger partial charge is 0.228 e. The second-order valence-electron chi connectivity index (χ2n) is 4.59. The van der Waals surface area contributed by atoms with Crippen molar-refractivity contribution in [3.05, 3.63) is 41.5 Å². The van der Waals surface area contributed by atoms with Crippen LogP contribution in [0.25, 0.3) is 0 Å². The number of aryl methyl sites for hydroxylation is 1. The first-order chi connectivity index (χ1) is 9.78. The lowest BCUT2D eigenvalue weighted by atomic mass is 10.2. The van der Waals surface area contributed by atoms with Crippen molar-refractivity contribution in [3.8, 4) is 0 Å². The van der Waals surface area contributed by atoms with Gasteiger partial charge in [0.25, 0.3) is 0 Å². The van der Waals surface area contributed by atoms with Gasteiger partial charge in [-0.2, -0.15) is 4.98 Å². The Morgan fingerprint density at radius 3 is 2.75 bits per heavy atom. The second kappa shape index (κ2) is 7.65. The SMILES string of the molecule is CCOCCc1noc(CCNc2ccc(C)cc2)n1. The summed E-state index contributed by atoms with van der Waals surface area (Å²) in [6, 6.07) is 8.30. The summed E-state index contributed by atoms with van der Waals surface area (Å²) < 4.78 is 10.5. The molecule has 2 aromatic rings. The van der Waals surface area contributed by atoms with Crippen LogP contribution in [-0.4, -0.2) is 29.9 Å². The maximum absolute atomic E-state index is 5.26. The highest BCUT2D eigenvalue weighted by Crippen LogP contribution is 2.08. The van der Waals surface area contributed by atoms with Crippen LogP contribution >= 0.6 is 0 Å². The van der Waals surface area contributed by atoms with Crippen LogP contribution in [-0.2, 0) is 17.6 Å². The highest BCUT2D eigenvalue weighted by molar-refractivity contribution is 5.44. The number of ether oxygens (including phenoxy) is 1. The number of benzene rings is 1. The van der Waals surface area contributed by atoms with E-state index in [2.05, 4.69) is 46.6 Å². The van der Waals surface area contributed by atoms with Crippen LogP contribution in [0.1, 0.15) is 24.2 Å². The zero-order valence-corrected chi connectivity index (χ0v) is 12.1. The van der Waals surface area contributed by atoms with Gasteiger partial charge in [0.15, 0.2) is 5.82 Å². The van der Waals surface area contributed by atoms with Gasteiger partial charge in [-0.15, -0.1) is 0 Å². The summed E-state index contributed by atoms with van der Waals surface area (Å²) in [4.78, 5) is 4.33. The third-order valence-corrected chi connectivity index (χ3v) is 2.90. The van der Waals surface area contributed by atoms with E-state index in [0.29, 0.717) is 31.3 Å². The molecule has 0 aliphatic rings. The van der Waals surface area contributed by atoms with Gasteiger partial charge in [0.1, 0.15) is 0 Å². The molecule has 1 aromatic heterocycles. The van der Waals surface area contributed by atoms with E-state index in [1.54, 1.807) is 0 Å². The Balaban J connectivity index is 1.72. The molecule has 0 aliphatic heterocycles. The molecule has 5 heteroatoms. The van der Waals surface area contributed by atoms with Gasteiger partial charge in [-0.05, 0) is 26.0 Å². The highest BCUT2D eigenvalue weighted by atomic mass is 16.5. The van der Waals surface area contributed by atoms with E-state index in [-0.39, 0.29) is 0 Å². The lowest BCUT2D eigenvalue weighted by Crippen LogP contribution is -2.05. The molecule has 0 aliphatic carbocycles. The summed E-state index contributed by atoms with van der Waals surface area (Å²) in [6.07, 6.45) is 1.41. The van der Waals surface area contributed by atoms with Crippen molar-refractivity contribution in [2.75, 3.05) is 25.1 Å². The molecule has 108 valence electrons. The van der Waals surface area contributed by atoms with Crippen LogP contribution in [0.15, 0.2) is 28.8 Å². The van der Waals surface area contributed by atoms with Gasteiger partial charge < -0.3 is 14.6 Å². The predicted molar refractivity (Wildman–Crippen MR) is 77.9 cm³/mol. The predicted octanol–water partition coefficient (Wildman–Crippen LogP) is 2.61. The Bertz CT molecular complexity index is 508. The van der Waals surface area contributed by atoms with E-state index < -0.39 is 0 Å². The number of rotatable bonds is 8. The van der Waals surface area contributed by atoms with Crippen LogP contribution < -0.4 is 5.32 Å². The molecule has 0 fully saturated rings. The third-order valence-electron chi connectivity index (χ3n) is 2.90. The largest absolute Gasteiger partial charge is 0.385 e. The van der Waals surface area contributed by atoms with E-state index in [1.165, 1.54) is 5.56 Å². The molecule has 0 saturated carbocycles.